The standard InChI is InChI=1S/C12H20N2O/c1-3-10-6-5-7-11(4-2)14(10)12(15)8-9-13/h10-11H,3-8H2,1-2H3. The molecule has 2 unspecified atom stereocenters. The number of rotatable bonds is 3. The molecule has 0 aromatic heterocycles. The second-order valence-corrected chi connectivity index (χ2v) is 4.19. The minimum absolute atomic E-state index is 0.0240. The summed E-state index contributed by atoms with van der Waals surface area (Å²) in [6, 6.07) is 2.69. The lowest BCUT2D eigenvalue weighted by Crippen LogP contribution is -2.49. The summed E-state index contributed by atoms with van der Waals surface area (Å²) in [6.45, 7) is 4.24. The van der Waals surface area contributed by atoms with Gasteiger partial charge in [0.2, 0.25) is 5.91 Å². The molecular weight excluding hydrogens is 188 g/mol. The predicted molar refractivity (Wildman–Crippen MR) is 59.1 cm³/mol. The molecular formula is C12H20N2O. The van der Waals surface area contributed by atoms with Gasteiger partial charge in [-0.1, -0.05) is 13.8 Å². The summed E-state index contributed by atoms with van der Waals surface area (Å²) in [4.78, 5) is 13.8. The van der Waals surface area contributed by atoms with E-state index in [2.05, 4.69) is 13.8 Å². The van der Waals surface area contributed by atoms with E-state index in [1.54, 1.807) is 0 Å². The van der Waals surface area contributed by atoms with Gasteiger partial charge in [-0.25, -0.2) is 0 Å². The Balaban J connectivity index is 2.74. The number of hydrogen-bond acceptors (Lipinski definition) is 2. The lowest BCUT2D eigenvalue weighted by molar-refractivity contribution is -0.137. The summed E-state index contributed by atoms with van der Waals surface area (Å²) in [5.74, 6) is 0.0240. The van der Waals surface area contributed by atoms with E-state index in [9.17, 15) is 4.79 Å². The van der Waals surface area contributed by atoms with Crippen LogP contribution in [0, 0.1) is 11.3 Å². The highest BCUT2D eigenvalue weighted by Crippen LogP contribution is 2.27. The van der Waals surface area contributed by atoms with Crippen molar-refractivity contribution in [1.82, 2.24) is 4.90 Å². The van der Waals surface area contributed by atoms with Crippen LogP contribution >= 0.6 is 0 Å². The van der Waals surface area contributed by atoms with Crippen LogP contribution < -0.4 is 0 Å². The van der Waals surface area contributed by atoms with Gasteiger partial charge in [-0.15, -0.1) is 0 Å². The zero-order chi connectivity index (χ0) is 11.3. The average molecular weight is 208 g/mol. The first-order valence-electron chi connectivity index (χ1n) is 5.92. The minimum Gasteiger partial charge on any atom is -0.336 e. The SMILES string of the molecule is CCC1CCCC(CC)N1C(=O)CC#N. The van der Waals surface area contributed by atoms with Crippen LogP contribution in [0.25, 0.3) is 0 Å². The summed E-state index contributed by atoms with van der Waals surface area (Å²) >= 11 is 0. The van der Waals surface area contributed by atoms with Gasteiger partial charge in [0, 0.05) is 12.1 Å². The van der Waals surface area contributed by atoms with Crippen LogP contribution in [0.4, 0.5) is 0 Å². The molecule has 0 saturated carbocycles. The number of hydrogen-bond donors (Lipinski definition) is 0. The van der Waals surface area contributed by atoms with Crippen molar-refractivity contribution >= 4 is 5.91 Å². The lowest BCUT2D eigenvalue weighted by Gasteiger charge is -2.41. The Hall–Kier alpha value is -1.04. The quantitative estimate of drug-likeness (QED) is 0.715. The molecule has 0 aliphatic carbocycles. The zero-order valence-electron chi connectivity index (χ0n) is 9.70. The highest BCUT2D eigenvalue weighted by atomic mass is 16.2. The van der Waals surface area contributed by atoms with Crippen LogP contribution in [0.3, 0.4) is 0 Å². The third-order valence-corrected chi connectivity index (χ3v) is 3.32. The first-order chi connectivity index (χ1) is 7.24. The van der Waals surface area contributed by atoms with Crippen molar-refractivity contribution in [3.8, 4) is 6.07 Å². The first-order valence-corrected chi connectivity index (χ1v) is 5.92. The molecule has 0 spiro atoms. The molecule has 84 valence electrons. The van der Waals surface area contributed by atoms with Gasteiger partial charge in [-0.2, -0.15) is 5.26 Å². The van der Waals surface area contributed by atoms with Crippen molar-refractivity contribution in [3.63, 3.8) is 0 Å². The smallest absolute Gasteiger partial charge is 0.237 e. The summed E-state index contributed by atoms with van der Waals surface area (Å²) in [7, 11) is 0. The molecule has 0 bridgehead atoms. The Morgan fingerprint density at radius 1 is 1.33 bits per heavy atom. The molecule has 0 aromatic carbocycles. The summed E-state index contributed by atoms with van der Waals surface area (Å²) < 4.78 is 0. The Bertz CT molecular complexity index is 245. The highest BCUT2D eigenvalue weighted by molar-refractivity contribution is 5.79. The first kappa shape index (κ1) is 12.0. The van der Waals surface area contributed by atoms with E-state index in [-0.39, 0.29) is 12.3 Å². The molecule has 1 fully saturated rings. The Morgan fingerprint density at radius 2 is 1.87 bits per heavy atom. The molecule has 0 radical (unpaired) electrons. The minimum atomic E-state index is 0.0240. The van der Waals surface area contributed by atoms with Gasteiger partial charge >= 0.3 is 0 Å². The van der Waals surface area contributed by atoms with Crippen LogP contribution in [0.1, 0.15) is 52.4 Å². The topological polar surface area (TPSA) is 44.1 Å². The molecule has 0 aromatic rings. The number of nitriles is 1. The molecule has 3 nitrogen and oxygen atoms in total. The van der Waals surface area contributed by atoms with Gasteiger partial charge in [0.25, 0.3) is 0 Å². The Morgan fingerprint density at radius 3 is 2.27 bits per heavy atom. The van der Waals surface area contributed by atoms with Crippen molar-refractivity contribution < 1.29 is 4.79 Å². The fraction of sp³-hybridized carbons (Fsp3) is 0.833. The van der Waals surface area contributed by atoms with Gasteiger partial charge in [0.1, 0.15) is 6.42 Å². The Labute approximate surface area is 92.1 Å². The normalized spacial score (nSPS) is 26.1. The number of carbonyl (C=O) groups is 1. The van der Waals surface area contributed by atoms with Gasteiger partial charge < -0.3 is 4.90 Å². The van der Waals surface area contributed by atoms with Gasteiger partial charge in [-0.3, -0.25) is 4.79 Å². The molecule has 1 rings (SSSR count). The Kier molecular flexibility index (Phi) is 4.61. The maximum atomic E-state index is 11.8. The van der Waals surface area contributed by atoms with Crippen LogP contribution in [0.2, 0.25) is 0 Å². The fourth-order valence-corrected chi connectivity index (χ4v) is 2.53. The number of amides is 1. The van der Waals surface area contributed by atoms with Crippen molar-refractivity contribution in [2.45, 2.75) is 64.5 Å². The molecule has 1 aliphatic heterocycles. The van der Waals surface area contributed by atoms with Gasteiger partial charge in [0.15, 0.2) is 0 Å². The van der Waals surface area contributed by atoms with E-state index in [0.717, 1.165) is 25.7 Å². The van der Waals surface area contributed by atoms with E-state index < -0.39 is 0 Å². The van der Waals surface area contributed by atoms with Crippen molar-refractivity contribution in [2.75, 3.05) is 0 Å². The number of carbonyl (C=O) groups excluding carboxylic acids is 1. The largest absolute Gasteiger partial charge is 0.336 e. The van der Waals surface area contributed by atoms with E-state index in [1.807, 2.05) is 11.0 Å². The number of piperidine rings is 1. The highest BCUT2D eigenvalue weighted by Gasteiger charge is 2.31. The molecule has 1 amide bonds. The van der Waals surface area contributed by atoms with Crippen molar-refractivity contribution in [1.29, 1.82) is 5.26 Å². The third kappa shape index (κ3) is 2.71. The zero-order valence-corrected chi connectivity index (χ0v) is 9.70. The van der Waals surface area contributed by atoms with E-state index in [0.29, 0.717) is 12.1 Å². The maximum absolute atomic E-state index is 11.8. The summed E-state index contributed by atoms with van der Waals surface area (Å²) in [6.07, 6.45) is 5.47. The second kappa shape index (κ2) is 5.75. The number of nitrogens with zero attached hydrogens (tertiary/aromatic N) is 2. The average Bonchev–Trinajstić information content (AvgIpc) is 2.28. The second-order valence-electron chi connectivity index (χ2n) is 4.19. The third-order valence-electron chi connectivity index (χ3n) is 3.32. The van der Waals surface area contributed by atoms with E-state index >= 15 is 0 Å². The van der Waals surface area contributed by atoms with Crippen LogP contribution in [0.15, 0.2) is 0 Å². The number of likely N-dealkylation sites (tertiary alicyclic amines) is 1. The predicted octanol–water partition coefficient (Wildman–Crippen LogP) is 2.47. The van der Waals surface area contributed by atoms with E-state index in [1.165, 1.54) is 6.42 Å². The molecule has 2 atom stereocenters. The van der Waals surface area contributed by atoms with Crippen LogP contribution in [0.5, 0.6) is 0 Å². The monoisotopic (exact) mass is 208 g/mol. The van der Waals surface area contributed by atoms with Crippen LogP contribution in [-0.4, -0.2) is 22.9 Å². The lowest BCUT2D eigenvalue weighted by atomic mass is 9.92. The van der Waals surface area contributed by atoms with Crippen molar-refractivity contribution in [2.24, 2.45) is 0 Å². The van der Waals surface area contributed by atoms with Gasteiger partial charge in [0.05, 0.1) is 6.07 Å². The maximum Gasteiger partial charge on any atom is 0.237 e. The molecule has 0 N–H and O–H groups in total. The summed E-state index contributed by atoms with van der Waals surface area (Å²) in [5, 5.41) is 8.59. The molecule has 3 heteroatoms. The van der Waals surface area contributed by atoms with E-state index in [4.69, 9.17) is 5.26 Å². The van der Waals surface area contributed by atoms with Gasteiger partial charge in [-0.05, 0) is 32.1 Å². The fourth-order valence-electron chi connectivity index (χ4n) is 2.53. The molecule has 15 heavy (non-hydrogen) atoms. The molecule has 1 saturated heterocycles. The van der Waals surface area contributed by atoms with Crippen molar-refractivity contribution in [3.05, 3.63) is 0 Å². The van der Waals surface area contributed by atoms with Crippen LogP contribution in [-0.2, 0) is 4.79 Å². The summed E-state index contributed by atoms with van der Waals surface area (Å²) in [5.41, 5.74) is 0. The molecule has 1 aliphatic rings. The molecule has 1 heterocycles.